The van der Waals surface area contributed by atoms with E-state index in [2.05, 4.69) is 22.4 Å². The van der Waals surface area contributed by atoms with Crippen LogP contribution >= 0.6 is 0 Å². The number of nitrogens with one attached hydrogen (secondary N) is 1. The van der Waals surface area contributed by atoms with E-state index in [9.17, 15) is 4.79 Å². The second kappa shape index (κ2) is 7.63. The predicted octanol–water partition coefficient (Wildman–Crippen LogP) is 3.28. The lowest BCUT2D eigenvalue weighted by molar-refractivity contribution is -0.125. The van der Waals surface area contributed by atoms with Crippen LogP contribution in [0.4, 0.5) is 0 Å². The van der Waals surface area contributed by atoms with Gasteiger partial charge in [-0.05, 0) is 57.3 Å². The van der Waals surface area contributed by atoms with Crippen LogP contribution in [0.25, 0.3) is 0 Å². The molecule has 4 heteroatoms. The Labute approximate surface area is 132 Å². The summed E-state index contributed by atoms with van der Waals surface area (Å²) >= 11 is 0. The normalized spacial score (nSPS) is 24.1. The average Bonchev–Trinajstić information content (AvgIpc) is 3.11. The molecule has 0 saturated carbocycles. The molecule has 1 N–H and O–H groups in total. The Kier molecular flexibility index (Phi) is 5.33. The second-order valence-electron chi connectivity index (χ2n) is 6.35. The fourth-order valence-corrected chi connectivity index (χ4v) is 3.49. The Morgan fingerprint density at radius 3 is 2.86 bits per heavy atom. The minimum atomic E-state index is 0.142. The van der Waals surface area contributed by atoms with Gasteiger partial charge in [-0.15, -0.1) is 0 Å². The van der Waals surface area contributed by atoms with Gasteiger partial charge in [0.2, 0.25) is 5.91 Å². The molecular formula is C18H26N2O2. The van der Waals surface area contributed by atoms with Crippen molar-refractivity contribution in [1.29, 1.82) is 0 Å². The summed E-state index contributed by atoms with van der Waals surface area (Å²) in [4.78, 5) is 14.8. The van der Waals surface area contributed by atoms with Crippen LogP contribution in [0, 0.1) is 5.92 Å². The van der Waals surface area contributed by atoms with E-state index in [1.165, 1.54) is 19.3 Å². The summed E-state index contributed by atoms with van der Waals surface area (Å²) < 4.78 is 5.62. The number of piperidine rings is 1. The van der Waals surface area contributed by atoms with Crippen molar-refractivity contribution in [1.82, 2.24) is 10.2 Å². The van der Waals surface area contributed by atoms with Crippen molar-refractivity contribution in [3.8, 4) is 0 Å². The molecule has 1 saturated heterocycles. The van der Waals surface area contributed by atoms with Gasteiger partial charge in [-0.3, -0.25) is 9.69 Å². The topological polar surface area (TPSA) is 45.5 Å². The number of nitrogens with zero attached hydrogens (tertiary/aromatic N) is 1. The fraction of sp³-hybridized carbons (Fsp3) is 0.611. The monoisotopic (exact) mass is 302 g/mol. The number of carbonyl (C=O) groups excluding carboxylic acids is 1. The van der Waals surface area contributed by atoms with Gasteiger partial charge in [0, 0.05) is 12.5 Å². The summed E-state index contributed by atoms with van der Waals surface area (Å²) in [6.45, 7) is 2.83. The number of furan rings is 1. The van der Waals surface area contributed by atoms with Gasteiger partial charge in [-0.2, -0.15) is 0 Å². The van der Waals surface area contributed by atoms with E-state index in [1.807, 2.05) is 12.1 Å². The molecule has 0 bridgehead atoms. The Morgan fingerprint density at radius 1 is 1.32 bits per heavy atom. The molecular weight excluding hydrogens is 276 g/mol. The highest BCUT2D eigenvalue weighted by Gasteiger charge is 2.26. The van der Waals surface area contributed by atoms with Crippen LogP contribution in [-0.2, 0) is 4.79 Å². The summed E-state index contributed by atoms with van der Waals surface area (Å²) in [6, 6.07) is 4.12. The van der Waals surface area contributed by atoms with Crippen molar-refractivity contribution in [3.05, 3.63) is 36.3 Å². The van der Waals surface area contributed by atoms with Crippen molar-refractivity contribution in [2.24, 2.45) is 5.92 Å². The SMILES string of the molecule is O=C(NCC(c1ccco1)N1CCCCC1)C1CC=CCC1. The van der Waals surface area contributed by atoms with Gasteiger partial charge >= 0.3 is 0 Å². The van der Waals surface area contributed by atoms with Crippen molar-refractivity contribution in [3.63, 3.8) is 0 Å². The number of rotatable bonds is 5. The van der Waals surface area contributed by atoms with E-state index in [1.54, 1.807) is 6.26 Å². The Balaban J connectivity index is 1.60. The van der Waals surface area contributed by atoms with E-state index in [4.69, 9.17) is 4.42 Å². The van der Waals surface area contributed by atoms with Crippen molar-refractivity contribution in [2.75, 3.05) is 19.6 Å². The van der Waals surface area contributed by atoms with E-state index >= 15 is 0 Å². The zero-order valence-electron chi connectivity index (χ0n) is 13.2. The number of amides is 1. The third kappa shape index (κ3) is 3.80. The van der Waals surface area contributed by atoms with Crippen molar-refractivity contribution in [2.45, 2.75) is 44.6 Å². The molecule has 1 fully saturated rings. The lowest BCUT2D eigenvalue weighted by Crippen LogP contribution is -2.42. The molecule has 2 atom stereocenters. The molecule has 1 aromatic heterocycles. The highest BCUT2D eigenvalue weighted by molar-refractivity contribution is 5.79. The lowest BCUT2D eigenvalue weighted by Gasteiger charge is -2.33. The first kappa shape index (κ1) is 15.3. The molecule has 120 valence electrons. The molecule has 2 aliphatic rings. The van der Waals surface area contributed by atoms with Gasteiger partial charge in [0.1, 0.15) is 5.76 Å². The molecule has 1 aliphatic carbocycles. The number of hydrogen-bond acceptors (Lipinski definition) is 3. The highest BCUT2D eigenvalue weighted by Crippen LogP contribution is 2.25. The standard InChI is InChI=1S/C18H26N2O2/c21-18(15-8-3-1-4-9-15)19-14-16(17-10-7-13-22-17)20-11-5-2-6-12-20/h1,3,7,10,13,15-16H,2,4-6,8-9,11-12,14H2,(H,19,21). The van der Waals surface area contributed by atoms with Crippen molar-refractivity contribution >= 4 is 5.91 Å². The molecule has 1 amide bonds. The van der Waals surface area contributed by atoms with Crippen LogP contribution in [0.5, 0.6) is 0 Å². The molecule has 22 heavy (non-hydrogen) atoms. The zero-order chi connectivity index (χ0) is 15.2. The average molecular weight is 302 g/mol. The summed E-state index contributed by atoms with van der Waals surface area (Å²) in [7, 11) is 0. The molecule has 0 radical (unpaired) electrons. The molecule has 0 aromatic carbocycles. The molecule has 3 rings (SSSR count). The first-order valence-corrected chi connectivity index (χ1v) is 8.55. The van der Waals surface area contributed by atoms with Gasteiger partial charge in [0.15, 0.2) is 0 Å². The van der Waals surface area contributed by atoms with Crippen LogP contribution in [0.1, 0.15) is 50.3 Å². The predicted molar refractivity (Wildman–Crippen MR) is 86.4 cm³/mol. The third-order valence-corrected chi connectivity index (χ3v) is 4.81. The van der Waals surface area contributed by atoms with Gasteiger partial charge in [0.05, 0.1) is 12.3 Å². The summed E-state index contributed by atoms with van der Waals surface area (Å²) in [5.74, 6) is 1.30. The molecule has 4 nitrogen and oxygen atoms in total. The van der Waals surface area contributed by atoms with E-state index in [0.717, 1.165) is 38.1 Å². The quantitative estimate of drug-likeness (QED) is 0.849. The number of hydrogen-bond donors (Lipinski definition) is 1. The Morgan fingerprint density at radius 2 is 2.18 bits per heavy atom. The van der Waals surface area contributed by atoms with Crippen LogP contribution in [0.3, 0.4) is 0 Å². The molecule has 2 unspecified atom stereocenters. The van der Waals surface area contributed by atoms with Crippen LogP contribution < -0.4 is 5.32 Å². The summed E-state index contributed by atoms with van der Waals surface area (Å²) in [6.07, 6.45) is 12.7. The van der Waals surface area contributed by atoms with Crippen LogP contribution in [0.2, 0.25) is 0 Å². The smallest absolute Gasteiger partial charge is 0.223 e. The molecule has 1 aromatic rings. The number of likely N-dealkylation sites (tertiary alicyclic amines) is 1. The maximum atomic E-state index is 12.4. The molecule has 1 aliphatic heterocycles. The Bertz CT molecular complexity index is 489. The van der Waals surface area contributed by atoms with E-state index in [0.29, 0.717) is 6.54 Å². The minimum Gasteiger partial charge on any atom is -0.468 e. The third-order valence-electron chi connectivity index (χ3n) is 4.81. The van der Waals surface area contributed by atoms with Crippen LogP contribution in [0.15, 0.2) is 35.0 Å². The van der Waals surface area contributed by atoms with Gasteiger partial charge in [-0.25, -0.2) is 0 Å². The van der Waals surface area contributed by atoms with Crippen LogP contribution in [-0.4, -0.2) is 30.4 Å². The minimum absolute atomic E-state index is 0.142. The maximum absolute atomic E-state index is 12.4. The second-order valence-corrected chi connectivity index (χ2v) is 6.35. The van der Waals surface area contributed by atoms with Gasteiger partial charge < -0.3 is 9.73 Å². The zero-order valence-corrected chi connectivity index (χ0v) is 13.2. The molecule has 0 spiro atoms. The van der Waals surface area contributed by atoms with Crippen molar-refractivity contribution < 1.29 is 9.21 Å². The van der Waals surface area contributed by atoms with Gasteiger partial charge in [-0.1, -0.05) is 18.6 Å². The number of carbonyl (C=O) groups is 1. The lowest BCUT2D eigenvalue weighted by atomic mass is 9.93. The first-order valence-electron chi connectivity index (χ1n) is 8.55. The number of allylic oxidation sites excluding steroid dienone is 2. The maximum Gasteiger partial charge on any atom is 0.223 e. The van der Waals surface area contributed by atoms with Gasteiger partial charge in [0.25, 0.3) is 0 Å². The first-order chi connectivity index (χ1) is 10.8. The Hall–Kier alpha value is -1.55. The van der Waals surface area contributed by atoms with E-state index < -0.39 is 0 Å². The summed E-state index contributed by atoms with van der Waals surface area (Å²) in [5.41, 5.74) is 0. The largest absolute Gasteiger partial charge is 0.468 e. The summed E-state index contributed by atoms with van der Waals surface area (Å²) in [5, 5.41) is 3.16. The van der Waals surface area contributed by atoms with E-state index in [-0.39, 0.29) is 17.9 Å². The highest BCUT2D eigenvalue weighted by atomic mass is 16.3. The fourth-order valence-electron chi connectivity index (χ4n) is 3.49. The molecule has 2 heterocycles.